The fourth-order valence-corrected chi connectivity index (χ4v) is 5.48. The Kier molecular flexibility index (Phi) is 10.1. The second-order valence-electron chi connectivity index (χ2n) is 9.44. The molecule has 0 saturated carbocycles. The van der Waals surface area contributed by atoms with E-state index >= 15 is 0 Å². The topological polar surface area (TPSA) is 96.0 Å². The summed E-state index contributed by atoms with van der Waals surface area (Å²) in [4.78, 5) is 28.3. The molecule has 0 aromatic heterocycles. The molecule has 0 unspecified atom stereocenters. The minimum atomic E-state index is -4.13. The maximum absolute atomic E-state index is 13.9. The van der Waals surface area contributed by atoms with Gasteiger partial charge >= 0.3 is 0 Å². The minimum absolute atomic E-state index is 0.0240. The first-order valence-corrected chi connectivity index (χ1v) is 14.4. The highest BCUT2D eigenvalue weighted by molar-refractivity contribution is 7.92. The predicted octanol–water partition coefficient (Wildman–Crippen LogP) is 4.45. The van der Waals surface area contributed by atoms with Crippen LogP contribution in [0.1, 0.15) is 37.0 Å². The number of anilines is 1. The number of methoxy groups -OCH3 is 1. The molecule has 0 aliphatic heterocycles. The highest BCUT2D eigenvalue weighted by atomic mass is 32.2. The van der Waals surface area contributed by atoms with Crippen molar-refractivity contribution >= 4 is 27.5 Å². The number of carbonyl (C=O) groups is 2. The van der Waals surface area contributed by atoms with Crippen molar-refractivity contribution in [2.45, 2.75) is 51.6 Å². The van der Waals surface area contributed by atoms with Gasteiger partial charge in [-0.15, -0.1) is 0 Å². The number of aryl methyl sites for hydroxylation is 2. The molecular formula is C30H37N3O5S. The standard InChI is InChI=1S/C30H37N3O5S/c1-6-19-31-30(35)24(4)32(20-25-10-8-7-9-23(25)3)29(34)21-33(26-13-11-22(2)12-14-26)39(36,37)28-17-15-27(38-5)16-18-28/h7-18,24H,6,19-21H2,1-5H3,(H,31,35)/t24-/m1/s1. The summed E-state index contributed by atoms with van der Waals surface area (Å²) in [5.74, 6) is -0.267. The van der Waals surface area contributed by atoms with Gasteiger partial charge in [-0.05, 0) is 74.7 Å². The minimum Gasteiger partial charge on any atom is -0.497 e. The number of hydrogen-bond donors (Lipinski definition) is 1. The number of ether oxygens (including phenoxy) is 1. The maximum Gasteiger partial charge on any atom is 0.264 e. The maximum atomic E-state index is 13.9. The molecule has 2 amide bonds. The van der Waals surface area contributed by atoms with E-state index in [9.17, 15) is 18.0 Å². The van der Waals surface area contributed by atoms with Crippen molar-refractivity contribution in [3.63, 3.8) is 0 Å². The number of carbonyl (C=O) groups excluding carboxylic acids is 2. The number of rotatable bonds is 12. The molecular weight excluding hydrogens is 514 g/mol. The van der Waals surface area contributed by atoms with Crippen molar-refractivity contribution < 1.29 is 22.7 Å². The van der Waals surface area contributed by atoms with Gasteiger partial charge in [-0.2, -0.15) is 0 Å². The van der Waals surface area contributed by atoms with Crippen LogP contribution in [0.15, 0.2) is 77.7 Å². The molecule has 0 heterocycles. The average Bonchev–Trinajstić information content (AvgIpc) is 2.94. The van der Waals surface area contributed by atoms with Crippen LogP contribution in [0.3, 0.4) is 0 Å². The molecule has 8 nitrogen and oxygen atoms in total. The monoisotopic (exact) mass is 551 g/mol. The lowest BCUT2D eigenvalue weighted by atomic mass is 10.1. The summed E-state index contributed by atoms with van der Waals surface area (Å²) in [7, 11) is -2.63. The molecule has 0 radical (unpaired) electrons. The van der Waals surface area contributed by atoms with Gasteiger partial charge < -0.3 is 15.0 Å². The Hall–Kier alpha value is -3.85. The Morgan fingerprint density at radius 3 is 2.18 bits per heavy atom. The SMILES string of the molecule is CCCNC(=O)[C@@H](C)N(Cc1ccccc1C)C(=O)CN(c1ccc(C)cc1)S(=O)(=O)c1ccc(OC)cc1. The molecule has 0 fully saturated rings. The Morgan fingerprint density at radius 2 is 1.59 bits per heavy atom. The zero-order valence-electron chi connectivity index (χ0n) is 23.2. The smallest absolute Gasteiger partial charge is 0.264 e. The Bertz CT molecular complexity index is 1370. The summed E-state index contributed by atoms with van der Waals surface area (Å²) in [5, 5.41) is 2.85. The van der Waals surface area contributed by atoms with Gasteiger partial charge in [0.2, 0.25) is 11.8 Å². The van der Waals surface area contributed by atoms with E-state index in [0.717, 1.165) is 27.4 Å². The molecule has 0 spiro atoms. The fourth-order valence-electron chi connectivity index (χ4n) is 4.06. The second kappa shape index (κ2) is 13.3. The summed E-state index contributed by atoms with van der Waals surface area (Å²) < 4.78 is 34.0. The van der Waals surface area contributed by atoms with Gasteiger partial charge in [0.1, 0.15) is 18.3 Å². The van der Waals surface area contributed by atoms with Crippen molar-refractivity contribution in [3.8, 4) is 5.75 Å². The van der Waals surface area contributed by atoms with Crippen LogP contribution in [0.2, 0.25) is 0 Å². The molecule has 1 N–H and O–H groups in total. The third-order valence-corrected chi connectivity index (χ3v) is 8.35. The van der Waals surface area contributed by atoms with Gasteiger partial charge in [-0.3, -0.25) is 13.9 Å². The molecule has 3 rings (SSSR count). The van der Waals surface area contributed by atoms with Crippen LogP contribution in [0, 0.1) is 13.8 Å². The number of hydrogen-bond acceptors (Lipinski definition) is 5. The molecule has 39 heavy (non-hydrogen) atoms. The fraction of sp³-hybridized carbons (Fsp3) is 0.333. The van der Waals surface area contributed by atoms with Crippen molar-refractivity contribution in [2.24, 2.45) is 0 Å². The summed E-state index contributed by atoms with van der Waals surface area (Å²) >= 11 is 0. The Labute approximate surface area is 231 Å². The first-order valence-electron chi connectivity index (χ1n) is 12.9. The molecule has 0 bridgehead atoms. The number of nitrogens with one attached hydrogen (secondary N) is 1. The predicted molar refractivity (Wildman–Crippen MR) is 153 cm³/mol. The molecule has 3 aromatic carbocycles. The average molecular weight is 552 g/mol. The number of amides is 2. The van der Waals surface area contributed by atoms with Crippen molar-refractivity contribution in [1.29, 1.82) is 0 Å². The lowest BCUT2D eigenvalue weighted by Crippen LogP contribution is -2.51. The van der Waals surface area contributed by atoms with Crippen molar-refractivity contribution in [3.05, 3.63) is 89.5 Å². The van der Waals surface area contributed by atoms with Gasteiger partial charge in [-0.25, -0.2) is 8.42 Å². The first-order chi connectivity index (χ1) is 18.6. The summed E-state index contributed by atoms with van der Waals surface area (Å²) in [6.45, 7) is 7.62. The van der Waals surface area contributed by atoms with Crippen LogP contribution in [-0.4, -0.2) is 51.4 Å². The van der Waals surface area contributed by atoms with E-state index in [1.807, 2.05) is 45.0 Å². The quantitative estimate of drug-likeness (QED) is 0.359. The van der Waals surface area contributed by atoms with E-state index in [4.69, 9.17) is 4.74 Å². The summed E-state index contributed by atoms with van der Waals surface area (Å²) in [6, 6.07) is 19.8. The normalized spacial score (nSPS) is 11.9. The molecule has 0 aliphatic carbocycles. The van der Waals surface area contributed by atoms with Crippen LogP contribution in [0.25, 0.3) is 0 Å². The second-order valence-corrected chi connectivity index (χ2v) is 11.3. The van der Waals surface area contributed by atoms with Gasteiger partial charge in [0.25, 0.3) is 10.0 Å². The number of nitrogens with zero attached hydrogens (tertiary/aromatic N) is 2. The van der Waals surface area contributed by atoms with E-state index in [1.165, 1.54) is 24.1 Å². The van der Waals surface area contributed by atoms with E-state index < -0.39 is 28.5 Å². The van der Waals surface area contributed by atoms with Crippen LogP contribution in [-0.2, 0) is 26.2 Å². The van der Waals surface area contributed by atoms with Crippen LogP contribution in [0.4, 0.5) is 5.69 Å². The van der Waals surface area contributed by atoms with E-state index in [1.54, 1.807) is 43.3 Å². The molecule has 9 heteroatoms. The van der Waals surface area contributed by atoms with E-state index in [2.05, 4.69) is 5.32 Å². The number of sulfonamides is 1. The van der Waals surface area contributed by atoms with Gasteiger partial charge in [0.15, 0.2) is 0 Å². The number of benzene rings is 3. The van der Waals surface area contributed by atoms with Gasteiger partial charge in [-0.1, -0.05) is 48.9 Å². The van der Waals surface area contributed by atoms with Crippen molar-refractivity contribution in [2.75, 3.05) is 24.5 Å². The Balaban J connectivity index is 2.02. The summed E-state index contributed by atoms with van der Waals surface area (Å²) in [6.07, 6.45) is 0.755. The van der Waals surface area contributed by atoms with Crippen LogP contribution < -0.4 is 14.4 Å². The molecule has 3 aromatic rings. The lowest BCUT2D eigenvalue weighted by molar-refractivity contribution is -0.139. The zero-order chi connectivity index (χ0) is 28.6. The molecule has 0 aliphatic rings. The highest BCUT2D eigenvalue weighted by Crippen LogP contribution is 2.26. The largest absolute Gasteiger partial charge is 0.497 e. The molecule has 1 atom stereocenters. The van der Waals surface area contributed by atoms with E-state index in [0.29, 0.717) is 18.0 Å². The van der Waals surface area contributed by atoms with Gasteiger partial charge in [0.05, 0.1) is 17.7 Å². The van der Waals surface area contributed by atoms with Crippen LogP contribution in [0.5, 0.6) is 5.75 Å². The lowest BCUT2D eigenvalue weighted by Gasteiger charge is -2.32. The summed E-state index contributed by atoms with van der Waals surface area (Å²) in [5.41, 5.74) is 3.15. The highest BCUT2D eigenvalue weighted by Gasteiger charge is 2.32. The third kappa shape index (κ3) is 7.38. The Morgan fingerprint density at radius 1 is 0.949 bits per heavy atom. The zero-order valence-corrected chi connectivity index (χ0v) is 24.0. The van der Waals surface area contributed by atoms with Crippen LogP contribution >= 0.6 is 0 Å². The molecule has 208 valence electrons. The van der Waals surface area contributed by atoms with Crippen molar-refractivity contribution in [1.82, 2.24) is 10.2 Å². The van der Waals surface area contributed by atoms with E-state index in [-0.39, 0.29) is 17.3 Å². The van der Waals surface area contributed by atoms with Gasteiger partial charge in [0, 0.05) is 13.1 Å². The first kappa shape index (κ1) is 29.7. The molecule has 0 saturated heterocycles. The third-order valence-electron chi connectivity index (χ3n) is 6.57.